The van der Waals surface area contributed by atoms with Crippen LogP contribution >= 0.6 is 0 Å². The van der Waals surface area contributed by atoms with E-state index in [4.69, 9.17) is 4.74 Å². The first-order chi connectivity index (χ1) is 14.7. The molecular formula is C23H31FN4O3. The lowest BCUT2D eigenvalue weighted by Gasteiger charge is -2.38. The zero-order valence-electron chi connectivity index (χ0n) is 18.6. The van der Waals surface area contributed by atoms with Crippen LogP contribution in [0.4, 0.5) is 9.18 Å². The molecule has 2 heterocycles. The number of halogens is 1. The minimum absolute atomic E-state index is 0.0658. The second-order valence-electron chi connectivity index (χ2n) is 8.76. The van der Waals surface area contributed by atoms with Gasteiger partial charge in [-0.25, -0.2) is 9.18 Å². The van der Waals surface area contributed by atoms with Crippen LogP contribution in [0.15, 0.2) is 42.6 Å². The Balaban J connectivity index is 1.85. The Labute approximate surface area is 182 Å². The zero-order valence-corrected chi connectivity index (χ0v) is 18.6. The van der Waals surface area contributed by atoms with Gasteiger partial charge in [0.1, 0.15) is 12.4 Å². The average Bonchev–Trinajstić information content (AvgIpc) is 3.18. The summed E-state index contributed by atoms with van der Waals surface area (Å²) in [5.41, 5.74) is 1.37. The third-order valence-electron chi connectivity index (χ3n) is 5.20. The summed E-state index contributed by atoms with van der Waals surface area (Å²) in [6.07, 6.45) is 1.98. The minimum Gasteiger partial charge on any atom is -0.383 e. The molecule has 0 aliphatic carbocycles. The lowest BCUT2D eigenvalue weighted by Crippen LogP contribution is -2.53. The second kappa shape index (κ2) is 9.51. The molecule has 1 aromatic carbocycles. The Hall–Kier alpha value is -2.87. The maximum atomic E-state index is 13.5. The van der Waals surface area contributed by atoms with E-state index in [9.17, 15) is 14.0 Å². The molecular weight excluding hydrogens is 399 g/mol. The van der Waals surface area contributed by atoms with Crippen LogP contribution in [0.3, 0.4) is 0 Å². The van der Waals surface area contributed by atoms with Gasteiger partial charge in [0.2, 0.25) is 5.91 Å². The molecule has 2 aromatic rings. The smallest absolute Gasteiger partial charge is 0.318 e. The summed E-state index contributed by atoms with van der Waals surface area (Å²) in [4.78, 5) is 29.4. The summed E-state index contributed by atoms with van der Waals surface area (Å²) < 4.78 is 20.7. The number of hydrogen-bond acceptors (Lipinski definition) is 3. The number of rotatable bonds is 6. The van der Waals surface area contributed by atoms with Crippen molar-refractivity contribution in [2.75, 3.05) is 33.4 Å². The average molecular weight is 431 g/mol. The first-order valence-corrected chi connectivity index (χ1v) is 10.5. The van der Waals surface area contributed by atoms with E-state index in [0.717, 1.165) is 11.3 Å². The molecule has 1 unspecified atom stereocenters. The second-order valence-corrected chi connectivity index (χ2v) is 8.76. The molecule has 7 nitrogen and oxygen atoms in total. The normalized spacial score (nSPS) is 16.0. The van der Waals surface area contributed by atoms with Gasteiger partial charge in [0.15, 0.2) is 0 Å². The molecule has 0 spiro atoms. The fourth-order valence-corrected chi connectivity index (χ4v) is 3.76. The summed E-state index contributed by atoms with van der Waals surface area (Å²) in [7, 11) is 1.56. The van der Waals surface area contributed by atoms with Crippen molar-refractivity contribution in [3.63, 3.8) is 0 Å². The van der Waals surface area contributed by atoms with Crippen LogP contribution in [-0.4, -0.2) is 65.2 Å². The summed E-state index contributed by atoms with van der Waals surface area (Å²) in [5, 5.41) is 2.91. The molecule has 0 bridgehead atoms. The largest absolute Gasteiger partial charge is 0.383 e. The molecule has 0 fully saturated rings. The van der Waals surface area contributed by atoms with E-state index in [1.807, 2.05) is 39.1 Å². The number of ether oxygens (including phenoxy) is 1. The number of nitrogens with zero attached hydrogens (tertiary/aromatic N) is 3. The van der Waals surface area contributed by atoms with E-state index < -0.39 is 5.54 Å². The van der Waals surface area contributed by atoms with Crippen LogP contribution in [0.5, 0.6) is 0 Å². The molecule has 168 valence electrons. The van der Waals surface area contributed by atoms with Crippen molar-refractivity contribution in [1.82, 2.24) is 19.7 Å². The predicted molar refractivity (Wildman–Crippen MR) is 116 cm³/mol. The van der Waals surface area contributed by atoms with Gasteiger partial charge in [-0.15, -0.1) is 0 Å². The van der Waals surface area contributed by atoms with Crippen molar-refractivity contribution in [1.29, 1.82) is 0 Å². The van der Waals surface area contributed by atoms with Gasteiger partial charge in [-0.3, -0.25) is 4.79 Å². The summed E-state index contributed by atoms with van der Waals surface area (Å²) in [6.45, 7) is 7.41. The maximum Gasteiger partial charge on any atom is 0.318 e. The van der Waals surface area contributed by atoms with Crippen molar-refractivity contribution in [2.45, 2.75) is 38.9 Å². The number of nitrogens with one attached hydrogen (secondary N) is 1. The van der Waals surface area contributed by atoms with E-state index in [2.05, 4.69) is 9.88 Å². The molecule has 8 heteroatoms. The van der Waals surface area contributed by atoms with Gasteiger partial charge < -0.3 is 24.4 Å². The van der Waals surface area contributed by atoms with E-state index >= 15 is 0 Å². The van der Waals surface area contributed by atoms with E-state index in [0.29, 0.717) is 26.2 Å². The van der Waals surface area contributed by atoms with Crippen molar-refractivity contribution in [3.05, 3.63) is 59.7 Å². The summed E-state index contributed by atoms with van der Waals surface area (Å²) in [6, 6.07) is 9.49. The standard InChI is InChI=1S/C23H31FN4O3/c1-23(2,3)25-22(30)27(14-15-31-4)16-20(29)28-13-12-26-11-5-6-19(26)21(28)17-7-9-18(24)10-8-17/h5-11,21H,12-16H2,1-4H3,(H,25,30). The molecule has 0 radical (unpaired) electrons. The molecule has 1 aliphatic heterocycles. The van der Waals surface area contributed by atoms with E-state index in [1.165, 1.54) is 17.0 Å². The van der Waals surface area contributed by atoms with Crippen LogP contribution in [0.25, 0.3) is 0 Å². The third kappa shape index (κ3) is 5.64. The van der Waals surface area contributed by atoms with E-state index in [-0.39, 0.29) is 30.3 Å². The van der Waals surface area contributed by atoms with Gasteiger partial charge in [-0.1, -0.05) is 12.1 Å². The highest BCUT2D eigenvalue weighted by Crippen LogP contribution is 2.32. The molecule has 1 N–H and O–H groups in total. The molecule has 3 rings (SSSR count). The Morgan fingerprint density at radius 1 is 1.19 bits per heavy atom. The van der Waals surface area contributed by atoms with Gasteiger partial charge in [-0.2, -0.15) is 0 Å². The lowest BCUT2D eigenvalue weighted by atomic mass is 9.99. The summed E-state index contributed by atoms with van der Waals surface area (Å²) >= 11 is 0. The Morgan fingerprint density at radius 3 is 2.55 bits per heavy atom. The molecule has 31 heavy (non-hydrogen) atoms. The number of carbonyl (C=O) groups is 2. The van der Waals surface area contributed by atoms with Crippen LogP contribution in [0.2, 0.25) is 0 Å². The van der Waals surface area contributed by atoms with Gasteiger partial charge in [0, 0.05) is 44.2 Å². The Kier molecular flexibility index (Phi) is 7.00. The molecule has 1 atom stereocenters. The molecule has 1 aromatic heterocycles. The number of fused-ring (bicyclic) bond motifs is 1. The van der Waals surface area contributed by atoms with Crippen molar-refractivity contribution >= 4 is 11.9 Å². The Morgan fingerprint density at radius 2 is 1.90 bits per heavy atom. The predicted octanol–water partition coefficient (Wildman–Crippen LogP) is 3.02. The number of carbonyl (C=O) groups excluding carboxylic acids is 2. The van der Waals surface area contributed by atoms with Crippen LogP contribution in [0, 0.1) is 5.82 Å². The van der Waals surface area contributed by atoms with Crippen molar-refractivity contribution in [3.8, 4) is 0 Å². The Bertz CT molecular complexity index is 904. The first-order valence-electron chi connectivity index (χ1n) is 10.5. The number of amides is 3. The number of methoxy groups -OCH3 is 1. The highest BCUT2D eigenvalue weighted by Gasteiger charge is 2.33. The number of urea groups is 1. The fourth-order valence-electron chi connectivity index (χ4n) is 3.76. The highest BCUT2D eigenvalue weighted by molar-refractivity contribution is 5.85. The number of hydrogen-bond donors (Lipinski definition) is 1. The summed E-state index contributed by atoms with van der Waals surface area (Å²) in [5.74, 6) is -0.487. The van der Waals surface area contributed by atoms with Crippen molar-refractivity contribution < 1.29 is 18.7 Å². The molecule has 0 saturated heterocycles. The SMILES string of the molecule is COCCN(CC(=O)N1CCn2cccc2C1c1ccc(F)cc1)C(=O)NC(C)(C)C. The lowest BCUT2D eigenvalue weighted by molar-refractivity contribution is -0.134. The van der Waals surface area contributed by atoms with Crippen LogP contribution < -0.4 is 5.32 Å². The minimum atomic E-state index is -0.423. The topological polar surface area (TPSA) is 66.8 Å². The van der Waals surface area contributed by atoms with E-state index in [1.54, 1.807) is 24.1 Å². The van der Waals surface area contributed by atoms with Gasteiger partial charge >= 0.3 is 6.03 Å². The van der Waals surface area contributed by atoms with Crippen LogP contribution in [-0.2, 0) is 16.1 Å². The fraction of sp³-hybridized carbons (Fsp3) is 0.478. The monoisotopic (exact) mass is 430 g/mol. The van der Waals surface area contributed by atoms with Crippen molar-refractivity contribution in [2.24, 2.45) is 0 Å². The number of aromatic nitrogens is 1. The maximum absolute atomic E-state index is 13.5. The molecule has 3 amide bonds. The number of benzene rings is 1. The van der Waals surface area contributed by atoms with Gasteiger partial charge in [-0.05, 0) is 50.6 Å². The zero-order chi connectivity index (χ0) is 22.6. The highest BCUT2D eigenvalue weighted by atomic mass is 19.1. The molecule has 0 saturated carbocycles. The first kappa shape index (κ1) is 22.8. The van der Waals surface area contributed by atoms with Crippen LogP contribution in [0.1, 0.15) is 38.1 Å². The quantitative estimate of drug-likeness (QED) is 0.766. The molecule has 1 aliphatic rings. The van der Waals surface area contributed by atoms with Gasteiger partial charge in [0.05, 0.1) is 12.6 Å². The third-order valence-corrected chi connectivity index (χ3v) is 5.20. The van der Waals surface area contributed by atoms with Gasteiger partial charge in [0.25, 0.3) is 0 Å².